The zero-order chi connectivity index (χ0) is 14.6. The number of carbonyl (C=O) groups excluding carboxylic acids is 1. The van der Waals surface area contributed by atoms with E-state index in [1.165, 1.54) is 11.8 Å². The number of carbonyl (C=O) groups is 1. The Balaban J connectivity index is 2.80. The van der Waals surface area contributed by atoms with Crippen LogP contribution in [0, 0.1) is 0 Å². The Morgan fingerprint density at radius 1 is 1.37 bits per heavy atom. The molecule has 7 heteroatoms. The first-order chi connectivity index (χ1) is 8.81. The van der Waals surface area contributed by atoms with E-state index in [0.717, 1.165) is 13.1 Å². The molecule has 0 bridgehead atoms. The summed E-state index contributed by atoms with van der Waals surface area (Å²) in [6.45, 7) is 13.4. The predicted octanol–water partition coefficient (Wildman–Crippen LogP) is 1.78. The van der Waals surface area contributed by atoms with Crippen LogP contribution >= 0.6 is 11.8 Å². The molecule has 0 aliphatic heterocycles. The Bertz CT molecular complexity index is 422. The summed E-state index contributed by atoms with van der Waals surface area (Å²) in [5, 5.41) is 12.2. The molecule has 6 nitrogen and oxygen atoms in total. The summed E-state index contributed by atoms with van der Waals surface area (Å²) in [5.74, 6) is 0.124. The molecule has 1 aromatic rings. The molecule has 0 fully saturated rings. The summed E-state index contributed by atoms with van der Waals surface area (Å²) < 4.78 is 1.75. The van der Waals surface area contributed by atoms with Crippen molar-refractivity contribution in [1.29, 1.82) is 0 Å². The number of hydrogen-bond donors (Lipinski definition) is 0. The number of nitrogens with zero attached hydrogens (tertiary/aromatic N) is 5. The van der Waals surface area contributed by atoms with E-state index in [0.29, 0.717) is 5.16 Å². The third-order valence-electron chi connectivity index (χ3n) is 2.78. The second-order valence-electron chi connectivity index (χ2n) is 5.31. The van der Waals surface area contributed by atoms with E-state index < -0.39 is 0 Å². The number of tetrazole rings is 1. The van der Waals surface area contributed by atoms with Crippen LogP contribution in [-0.4, -0.2) is 49.4 Å². The molecule has 108 valence electrons. The highest BCUT2D eigenvalue weighted by Gasteiger charge is 2.25. The number of hydrogen-bond acceptors (Lipinski definition) is 5. The lowest BCUT2D eigenvalue weighted by Crippen LogP contribution is -2.36. The summed E-state index contributed by atoms with van der Waals surface area (Å²) >= 11 is 1.41. The second-order valence-corrected chi connectivity index (χ2v) is 6.62. The number of aromatic nitrogens is 4. The first-order valence-corrected chi connectivity index (χ1v) is 7.43. The zero-order valence-corrected chi connectivity index (χ0v) is 13.4. The fraction of sp³-hybridized carbons (Fsp3) is 0.833. The molecule has 0 N–H and O–H groups in total. The minimum Gasteiger partial charge on any atom is -0.342 e. The lowest BCUT2D eigenvalue weighted by molar-refractivity contribution is -0.129. The molecule has 0 aliphatic rings. The van der Waals surface area contributed by atoms with Crippen LogP contribution in [0.25, 0.3) is 0 Å². The largest absolute Gasteiger partial charge is 0.342 e. The average Bonchev–Trinajstić information content (AvgIpc) is 2.78. The van der Waals surface area contributed by atoms with Gasteiger partial charge in [0, 0.05) is 13.1 Å². The average molecular weight is 285 g/mol. The van der Waals surface area contributed by atoms with Gasteiger partial charge in [0.25, 0.3) is 0 Å². The van der Waals surface area contributed by atoms with E-state index in [1.807, 2.05) is 46.4 Å². The highest BCUT2D eigenvalue weighted by atomic mass is 32.2. The van der Waals surface area contributed by atoms with E-state index in [1.54, 1.807) is 4.68 Å². The van der Waals surface area contributed by atoms with Gasteiger partial charge in [-0.15, -0.1) is 5.10 Å². The Hall–Kier alpha value is -1.11. The summed E-state index contributed by atoms with van der Waals surface area (Å²) in [7, 11) is 0. The van der Waals surface area contributed by atoms with Crippen molar-refractivity contribution in [1.82, 2.24) is 25.1 Å². The van der Waals surface area contributed by atoms with Crippen LogP contribution < -0.4 is 0 Å². The minimum atomic E-state index is -0.191. The van der Waals surface area contributed by atoms with Crippen molar-refractivity contribution in [2.45, 2.75) is 57.5 Å². The van der Waals surface area contributed by atoms with Crippen LogP contribution in [0.2, 0.25) is 0 Å². The summed E-state index contributed by atoms with van der Waals surface area (Å²) in [6, 6.07) is 0. The van der Waals surface area contributed by atoms with Crippen LogP contribution in [0.4, 0.5) is 0 Å². The first kappa shape index (κ1) is 15.9. The predicted molar refractivity (Wildman–Crippen MR) is 76.1 cm³/mol. The van der Waals surface area contributed by atoms with Gasteiger partial charge >= 0.3 is 0 Å². The van der Waals surface area contributed by atoms with Gasteiger partial charge in [0.05, 0.1) is 10.8 Å². The fourth-order valence-corrected chi connectivity index (χ4v) is 2.73. The molecule has 1 rings (SSSR count). The first-order valence-electron chi connectivity index (χ1n) is 6.55. The third-order valence-corrected chi connectivity index (χ3v) is 3.80. The SMILES string of the molecule is CCN(CC)C(=O)C(C)Sc1nnnn1C(C)(C)C. The quantitative estimate of drug-likeness (QED) is 0.772. The van der Waals surface area contributed by atoms with E-state index in [-0.39, 0.29) is 16.7 Å². The molecule has 0 spiro atoms. The van der Waals surface area contributed by atoms with Crippen LogP contribution in [0.3, 0.4) is 0 Å². The van der Waals surface area contributed by atoms with Gasteiger partial charge in [-0.05, 0) is 52.0 Å². The van der Waals surface area contributed by atoms with Gasteiger partial charge in [-0.2, -0.15) is 0 Å². The Kier molecular flexibility index (Phi) is 5.34. The molecule has 0 aromatic carbocycles. The van der Waals surface area contributed by atoms with Crippen molar-refractivity contribution in [3.05, 3.63) is 0 Å². The monoisotopic (exact) mass is 285 g/mol. The standard InChI is InChI=1S/C12H23N5OS/c1-7-16(8-2)10(18)9(3)19-11-13-14-15-17(11)12(4,5)6/h9H,7-8H2,1-6H3. The van der Waals surface area contributed by atoms with Crippen molar-refractivity contribution in [2.75, 3.05) is 13.1 Å². The maximum absolute atomic E-state index is 12.2. The topological polar surface area (TPSA) is 63.9 Å². The molecule has 0 radical (unpaired) electrons. The molecule has 1 atom stereocenters. The molecule has 1 amide bonds. The molecular formula is C12H23N5OS. The number of amides is 1. The normalized spacial score (nSPS) is 13.4. The molecular weight excluding hydrogens is 262 g/mol. The molecule has 1 heterocycles. The van der Waals surface area contributed by atoms with Gasteiger partial charge in [-0.3, -0.25) is 4.79 Å². The molecule has 0 saturated heterocycles. The highest BCUT2D eigenvalue weighted by Crippen LogP contribution is 2.25. The van der Waals surface area contributed by atoms with Gasteiger partial charge in [-0.25, -0.2) is 4.68 Å². The van der Waals surface area contributed by atoms with E-state index in [4.69, 9.17) is 0 Å². The summed E-state index contributed by atoms with van der Waals surface area (Å²) in [5.41, 5.74) is -0.191. The van der Waals surface area contributed by atoms with Crippen molar-refractivity contribution in [2.24, 2.45) is 0 Å². The summed E-state index contributed by atoms with van der Waals surface area (Å²) in [4.78, 5) is 14.0. The van der Waals surface area contributed by atoms with Crippen LogP contribution in [0.15, 0.2) is 5.16 Å². The smallest absolute Gasteiger partial charge is 0.235 e. The van der Waals surface area contributed by atoms with Crippen molar-refractivity contribution >= 4 is 17.7 Å². The van der Waals surface area contributed by atoms with Crippen LogP contribution in [0.5, 0.6) is 0 Å². The molecule has 0 aliphatic carbocycles. The van der Waals surface area contributed by atoms with Gasteiger partial charge in [-0.1, -0.05) is 11.8 Å². The maximum atomic E-state index is 12.2. The Morgan fingerprint density at radius 3 is 2.42 bits per heavy atom. The highest BCUT2D eigenvalue weighted by molar-refractivity contribution is 8.00. The van der Waals surface area contributed by atoms with Gasteiger partial charge in [0.1, 0.15) is 0 Å². The fourth-order valence-electron chi connectivity index (χ4n) is 1.67. The summed E-state index contributed by atoms with van der Waals surface area (Å²) in [6.07, 6.45) is 0. The van der Waals surface area contributed by atoms with Gasteiger partial charge < -0.3 is 4.90 Å². The van der Waals surface area contributed by atoms with E-state index in [9.17, 15) is 4.79 Å². The van der Waals surface area contributed by atoms with Crippen molar-refractivity contribution < 1.29 is 4.79 Å². The maximum Gasteiger partial charge on any atom is 0.235 e. The second kappa shape index (κ2) is 6.36. The third kappa shape index (κ3) is 3.92. The molecule has 19 heavy (non-hydrogen) atoms. The van der Waals surface area contributed by atoms with Crippen molar-refractivity contribution in [3.8, 4) is 0 Å². The van der Waals surface area contributed by atoms with Gasteiger partial charge in [0.15, 0.2) is 0 Å². The van der Waals surface area contributed by atoms with E-state index >= 15 is 0 Å². The van der Waals surface area contributed by atoms with Gasteiger partial charge in [0.2, 0.25) is 11.1 Å². The van der Waals surface area contributed by atoms with Crippen LogP contribution in [-0.2, 0) is 10.3 Å². The number of thioether (sulfide) groups is 1. The minimum absolute atomic E-state index is 0.124. The number of rotatable bonds is 5. The Morgan fingerprint density at radius 2 is 1.95 bits per heavy atom. The molecule has 0 saturated carbocycles. The Labute approximate surface area is 118 Å². The van der Waals surface area contributed by atoms with Crippen LogP contribution in [0.1, 0.15) is 41.5 Å². The van der Waals surface area contributed by atoms with Crippen molar-refractivity contribution in [3.63, 3.8) is 0 Å². The molecule has 1 aromatic heterocycles. The lowest BCUT2D eigenvalue weighted by atomic mass is 10.1. The zero-order valence-electron chi connectivity index (χ0n) is 12.5. The molecule has 1 unspecified atom stereocenters. The van der Waals surface area contributed by atoms with E-state index in [2.05, 4.69) is 15.5 Å². The lowest BCUT2D eigenvalue weighted by Gasteiger charge is -2.23.